The number of nitrogens with one attached hydrogen (secondary N) is 1. The van der Waals surface area contributed by atoms with E-state index in [2.05, 4.69) is 46.5 Å². The van der Waals surface area contributed by atoms with Crippen LogP contribution in [0.4, 0.5) is 0 Å². The van der Waals surface area contributed by atoms with Gasteiger partial charge in [-0.2, -0.15) is 5.10 Å². The molecule has 0 bridgehead atoms. The summed E-state index contributed by atoms with van der Waals surface area (Å²) in [6, 6.07) is 8.94. The van der Waals surface area contributed by atoms with Gasteiger partial charge in [-0.05, 0) is 38.9 Å². The highest BCUT2D eigenvalue weighted by Crippen LogP contribution is 2.17. The van der Waals surface area contributed by atoms with Crippen molar-refractivity contribution in [1.82, 2.24) is 20.0 Å². The van der Waals surface area contributed by atoms with Gasteiger partial charge < -0.3 is 10.2 Å². The standard InChI is InChI=1S/C16H24N4/c1-13(12-20-9-5-6-10-20)17-11-15-14-7-3-4-8-16(14)19(2)18-15/h3-4,7-8,13,17H,5-6,9-12H2,1-2H3. The van der Waals surface area contributed by atoms with Crippen LogP contribution in [-0.2, 0) is 13.6 Å². The second-order valence-corrected chi connectivity index (χ2v) is 5.88. The Bertz CT molecular complexity index is 569. The van der Waals surface area contributed by atoms with Crippen LogP contribution < -0.4 is 5.32 Å². The van der Waals surface area contributed by atoms with E-state index < -0.39 is 0 Å². The van der Waals surface area contributed by atoms with Crippen LogP contribution in [0.25, 0.3) is 10.9 Å². The van der Waals surface area contributed by atoms with E-state index in [1.165, 1.54) is 36.8 Å². The molecule has 1 unspecified atom stereocenters. The highest BCUT2D eigenvalue weighted by atomic mass is 15.3. The molecule has 1 atom stereocenters. The first-order chi connectivity index (χ1) is 9.74. The second kappa shape index (κ2) is 5.94. The molecule has 20 heavy (non-hydrogen) atoms. The first-order valence-electron chi connectivity index (χ1n) is 7.60. The van der Waals surface area contributed by atoms with Crippen LogP contribution in [0.5, 0.6) is 0 Å². The Hall–Kier alpha value is -1.39. The number of aryl methyl sites for hydroxylation is 1. The van der Waals surface area contributed by atoms with Crippen LogP contribution in [0.15, 0.2) is 24.3 Å². The summed E-state index contributed by atoms with van der Waals surface area (Å²) in [6.45, 7) is 6.78. The lowest BCUT2D eigenvalue weighted by Crippen LogP contribution is -2.37. The lowest BCUT2D eigenvalue weighted by atomic mass is 10.2. The fraction of sp³-hybridized carbons (Fsp3) is 0.562. The molecular formula is C16H24N4. The van der Waals surface area contributed by atoms with E-state index in [-0.39, 0.29) is 0 Å². The van der Waals surface area contributed by atoms with Gasteiger partial charge in [0.05, 0.1) is 11.2 Å². The zero-order valence-electron chi connectivity index (χ0n) is 12.5. The van der Waals surface area contributed by atoms with Gasteiger partial charge in [0.2, 0.25) is 0 Å². The molecule has 0 aliphatic carbocycles. The summed E-state index contributed by atoms with van der Waals surface area (Å²) in [5.41, 5.74) is 2.35. The molecule has 1 N–H and O–H groups in total. The molecule has 4 nitrogen and oxygen atoms in total. The van der Waals surface area contributed by atoms with Crippen LogP contribution in [0.3, 0.4) is 0 Å². The van der Waals surface area contributed by atoms with Gasteiger partial charge in [-0.25, -0.2) is 0 Å². The topological polar surface area (TPSA) is 33.1 Å². The highest BCUT2D eigenvalue weighted by Gasteiger charge is 2.15. The third-order valence-corrected chi connectivity index (χ3v) is 4.18. The van der Waals surface area contributed by atoms with Crippen molar-refractivity contribution < 1.29 is 0 Å². The normalized spacial score (nSPS) is 17.9. The van der Waals surface area contributed by atoms with Gasteiger partial charge in [0.15, 0.2) is 0 Å². The van der Waals surface area contributed by atoms with Crippen molar-refractivity contribution in [3.05, 3.63) is 30.0 Å². The predicted molar refractivity (Wildman–Crippen MR) is 82.7 cm³/mol. The zero-order chi connectivity index (χ0) is 13.9. The average molecular weight is 272 g/mol. The first-order valence-corrected chi connectivity index (χ1v) is 7.60. The van der Waals surface area contributed by atoms with E-state index >= 15 is 0 Å². The van der Waals surface area contributed by atoms with Crippen molar-refractivity contribution in [3.8, 4) is 0 Å². The second-order valence-electron chi connectivity index (χ2n) is 5.88. The molecule has 4 heteroatoms. The van der Waals surface area contributed by atoms with Crippen molar-refractivity contribution in [2.75, 3.05) is 19.6 Å². The summed E-state index contributed by atoms with van der Waals surface area (Å²) < 4.78 is 1.97. The SMILES string of the molecule is CC(CN1CCCC1)NCc1nn(C)c2ccccc12. The minimum atomic E-state index is 0.508. The number of para-hydroxylation sites is 1. The van der Waals surface area contributed by atoms with E-state index in [1.54, 1.807) is 0 Å². The number of nitrogens with zero attached hydrogens (tertiary/aromatic N) is 3. The summed E-state index contributed by atoms with van der Waals surface area (Å²) in [4.78, 5) is 2.55. The molecule has 0 spiro atoms. The summed E-state index contributed by atoms with van der Waals surface area (Å²) >= 11 is 0. The third-order valence-electron chi connectivity index (χ3n) is 4.18. The quantitative estimate of drug-likeness (QED) is 0.905. The zero-order valence-corrected chi connectivity index (χ0v) is 12.5. The molecule has 0 radical (unpaired) electrons. The molecule has 1 aromatic carbocycles. The Morgan fingerprint density at radius 2 is 2.00 bits per heavy atom. The predicted octanol–water partition coefficient (Wildman–Crippen LogP) is 2.15. The fourth-order valence-electron chi connectivity index (χ4n) is 3.11. The first kappa shape index (κ1) is 13.6. The van der Waals surface area contributed by atoms with Gasteiger partial charge in [0, 0.05) is 31.6 Å². The van der Waals surface area contributed by atoms with Crippen LogP contribution in [0.2, 0.25) is 0 Å². The maximum atomic E-state index is 4.63. The lowest BCUT2D eigenvalue weighted by Gasteiger charge is -2.20. The molecule has 1 saturated heterocycles. The summed E-state index contributed by atoms with van der Waals surface area (Å²) in [7, 11) is 2.01. The fourth-order valence-corrected chi connectivity index (χ4v) is 3.11. The molecular weight excluding hydrogens is 248 g/mol. The molecule has 2 aromatic rings. The van der Waals surface area contributed by atoms with Crippen LogP contribution >= 0.6 is 0 Å². The van der Waals surface area contributed by atoms with E-state index in [0.29, 0.717) is 6.04 Å². The van der Waals surface area contributed by atoms with Gasteiger partial charge >= 0.3 is 0 Å². The summed E-state index contributed by atoms with van der Waals surface area (Å²) in [5, 5.41) is 9.51. The van der Waals surface area contributed by atoms with Crippen LogP contribution in [0.1, 0.15) is 25.5 Å². The van der Waals surface area contributed by atoms with E-state index in [4.69, 9.17) is 0 Å². The number of benzene rings is 1. The number of hydrogen-bond donors (Lipinski definition) is 1. The van der Waals surface area contributed by atoms with Crippen molar-refractivity contribution >= 4 is 10.9 Å². The minimum absolute atomic E-state index is 0.508. The van der Waals surface area contributed by atoms with Gasteiger partial charge in [-0.1, -0.05) is 18.2 Å². The Morgan fingerprint density at radius 3 is 2.80 bits per heavy atom. The molecule has 1 aromatic heterocycles. The van der Waals surface area contributed by atoms with Gasteiger partial charge in [0.25, 0.3) is 0 Å². The number of likely N-dealkylation sites (tertiary alicyclic amines) is 1. The molecule has 0 saturated carbocycles. The molecule has 1 fully saturated rings. The average Bonchev–Trinajstić information content (AvgIpc) is 3.06. The van der Waals surface area contributed by atoms with Crippen molar-refractivity contribution in [3.63, 3.8) is 0 Å². The van der Waals surface area contributed by atoms with E-state index in [9.17, 15) is 0 Å². The Kier molecular flexibility index (Phi) is 4.03. The summed E-state index contributed by atoms with van der Waals surface area (Å²) in [6.07, 6.45) is 2.72. The Balaban J connectivity index is 1.61. The monoisotopic (exact) mass is 272 g/mol. The third kappa shape index (κ3) is 2.86. The molecule has 108 valence electrons. The number of rotatable bonds is 5. The maximum absolute atomic E-state index is 4.63. The molecule has 1 aliphatic rings. The van der Waals surface area contributed by atoms with Crippen molar-refractivity contribution in [1.29, 1.82) is 0 Å². The number of aromatic nitrogens is 2. The largest absolute Gasteiger partial charge is 0.307 e. The van der Waals surface area contributed by atoms with Crippen molar-refractivity contribution in [2.45, 2.75) is 32.4 Å². The number of hydrogen-bond acceptors (Lipinski definition) is 3. The van der Waals surface area contributed by atoms with Crippen LogP contribution in [0, 0.1) is 0 Å². The smallest absolute Gasteiger partial charge is 0.0841 e. The molecule has 1 aliphatic heterocycles. The van der Waals surface area contributed by atoms with Crippen molar-refractivity contribution in [2.24, 2.45) is 7.05 Å². The molecule has 3 rings (SSSR count). The lowest BCUT2D eigenvalue weighted by molar-refractivity contribution is 0.298. The summed E-state index contributed by atoms with van der Waals surface area (Å²) in [5.74, 6) is 0. The van der Waals surface area contributed by atoms with Crippen LogP contribution in [-0.4, -0.2) is 40.4 Å². The Morgan fingerprint density at radius 1 is 1.25 bits per heavy atom. The van der Waals surface area contributed by atoms with Gasteiger partial charge in [-0.3, -0.25) is 4.68 Å². The molecule has 2 heterocycles. The van der Waals surface area contributed by atoms with E-state index in [0.717, 1.165) is 18.8 Å². The van der Waals surface area contributed by atoms with Gasteiger partial charge in [0.1, 0.15) is 0 Å². The Labute approximate surface area is 120 Å². The maximum Gasteiger partial charge on any atom is 0.0841 e. The van der Waals surface area contributed by atoms with E-state index in [1.807, 2.05) is 11.7 Å². The van der Waals surface area contributed by atoms with Gasteiger partial charge in [-0.15, -0.1) is 0 Å². The minimum Gasteiger partial charge on any atom is -0.307 e. The molecule has 0 amide bonds. The number of fused-ring (bicyclic) bond motifs is 1. The highest BCUT2D eigenvalue weighted by molar-refractivity contribution is 5.81.